The molecule has 9 nitrogen and oxygen atoms in total. The fourth-order valence-electron chi connectivity index (χ4n) is 5.09. The summed E-state index contributed by atoms with van der Waals surface area (Å²) in [6.07, 6.45) is -0.0194. The lowest BCUT2D eigenvalue weighted by Gasteiger charge is -2.61. The van der Waals surface area contributed by atoms with Crippen molar-refractivity contribution in [2.45, 2.75) is 57.3 Å². The van der Waals surface area contributed by atoms with Gasteiger partial charge in [-0.2, -0.15) is 13.2 Å². The number of urea groups is 1. The molecular formula is C22H21F4N7O2. The summed E-state index contributed by atoms with van der Waals surface area (Å²) in [5.74, 6) is -0.125. The normalized spacial score (nSPS) is 23.7. The number of hydrogen-bond acceptors (Lipinski definition) is 7. The van der Waals surface area contributed by atoms with E-state index in [1.165, 1.54) is 0 Å². The minimum Gasteiger partial charge on any atom is -0.423 e. The molecule has 1 saturated heterocycles. The number of aryl methyl sites for hydroxylation is 1. The molecule has 2 amide bonds. The highest BCUT2D eigenvalue weighted by molar-refractivity contribution is 5.90. The molecule has 1 aliphatic carbocycles. The van der Waals surface area contributed by atoms with E-state index in [-0.39, 0.29) is 17.7 Å². The third-order valence-corrected chi connectivity index (χ3v) is 6.45. The number of rotatable bonds is 4. The number of nitrogens with one attached hydrogen (secondary N) is 1. The molecule has 3 aromatic heterocycles. The Labute approximate surface area is 197 Å². The van der Waals surface area contributed by atoms with Gasteiger partial charge < -0.3 is 9.32 Å². The second-order valence-corrected chi connectivity index (χ2v) is 8.93. The summed E-state index contributed by atoms with van der Waals surface area (Å²) in [6, 6.07) is 0.411. The second-order valence-electron chi connectivity index (χ2n) is 8.93. The minimum absolute atomic E-state index is 0.0786. The van der Waals surface area contributed by atoms with Crippen LogP contribution in [0.1, 0.15) is 50.5 Å². The standard InChI is InChI=1S/C22H21F4N7O2/c1-3-17-31-32-19(35-17)21-6-11(2)4-13(7-21)33(21)20(34)30-16-5-14(15(10-27-16)22(24,25)26)18-28-8-12(23)9-29-18/h5,8-11,13H,3-4,6-7H2,1-2H3,(H,27,30,34)/t11-,13-,21+/m0/s1. The largest absolute Gasteiger partial charge is 0.423 e. The molecule has 2 bridgehead atoms. The van der Waals surface area contributed by atoms with Crippen LogP contribution in [0.2, 0.25) is 0 Å². The molecule has 0 spiro atoms. The maximum atomic E-state index is 13.6. The van der Waals surface area contributed by atoms with Crippen molar-refractivity contribution in [1.82, 2.24) is 30.0 Å². The summed E-state index contributed by atoms with van der Waals surface area (Å²) in [6.45, 7) is 3.96. The number of carbonyl (C=O) groups is 1. The van der Waals surface area contributed by atoms with Crippen molar-refractivity contribution in [2.24, 2.45) is 5.92 Å². The summed E-state index contributed by atoms with van der Waals surface area (Å²) in [7, 11) is 0. The van der Waals surface area contributed by atoms with Crippen LogP contribution in [0.25, 0.3) is 11.4 Å². The average molecular weight is 491 g/mol. The monoisotopic (exact) mass is 491 g/mol. The molecular weight excluding hydrogens is 470 g/mol. The van der Waals surface area contributed by atoms with Crippen molar-refractivity contribution in [1.29, 1.82) is 0 Å². The highest BCUT2D eigenvalue weighted by Gasteiger charge is 2.62. The number of hydrogen-bond donors (Lipinski definition) is 1. The first-order valence-corrected chi connectivity index (χ1v) is 11.1. The Hall–Kier alpha value is -3.64. The van der Waals surface area contributed by atoms with Gasteiger partial charge in [0.1, 0.15) is 11.4 Å². The fraction of sp³-hybridized carbons (Fsp3) is 0.455. The average Bonchev–Trinajstić information content (AvgIpc) is 3.28. The van der Waals surface area contributed by atoms with Gasteiger partial charge in [-0.1, -0.05) is 13.8 Å². The molecule has 0 aromatic carbocycles. The molecule has 5 rings (SSSR count). The number of halogens is 4. The fourth-order valence-corrected chi connectivity index (χ4v) is 5.09. The molecule has 1 saturated carbocycles. The number of anilines is 1. The lowest BCUT2D eigenvalue weighted by molar-refractivity contribution is -0.137. The van der Waals surface area contributed by atoms with Gasteiger partial charge in [-0.05, 0) is 24.8 Å². The van der Waals surface area contributed by atoms with E-state index in [0.717, 1.165) is 24.9 Å². The van der Waals surface area contributed by atoms with Crippen LogP contribution < -0.4 is 5.32 Å². The van der Waals surface area contributed by atoms with Gasteiger partial charge in [0.15, 0.2) is 11.6 Å². The number of alkyl halides is 3. The summed E-state index contributed by atoms with van der Waals surface area (Å²) >= 11 is 0. The van der Waals surface area contributed by atoms with Gasteiger partial charge in [-0.25, -0.2) is 24.1 Å². The molecule has 184 valence electrons. The SMILES string of the molecule is CCc1nnc([C@@]23C[C@@H](C)C[C@@H](C2)N3C(=O)Nc2cc(-c3ncc(F)cn3)c(C(F)(F)F)cn2)o1. The van der Waals surface area contributed by atoms with Crippen LogP contribution >= 0.6 is 0 Å². The zero-order valence-electron chi connectivity index (χ0n) is 18.8. The summed E-state index contributed by atoms with van der Waals surface area (Å²) in [4.78, 5) is 26.0. The maximum absolute atomic E-state index is 13.6. The number of fused-ring (bicyclic) bond motifs is 2. The number of aromatic nitrogens is 5. The Morgan fingerprint density at radius 2 is 1.94 bits per heavy atom. The predicted octanol–water partition coefficient (Wildman–Crippen LogP) is 4.57. The van der Waals surface area contributed by atoms with Gasteiger partial charge in [-0.15, -0.1) is 10.2 Å². The highest BCUT2D eigenvalue weighted by Crippen LogP contribution is 2.55. The molecule has 3 aromatic rings. The predicted molar refractivity (Wildman–Crippen MR) is 113 cm³/mol. The first-order chi connectivity index (χ1) is 16.6. The number of carbonyl (C=O) groups excluding carboxylic acids is 1. The van der Waals surface area contributed by atoms with Crippen molar-refractivity contribution in [3.63, 3.8) is 0 Å². The van der Waals surface area contributed by atoms with E-state index in [4.69, 9.17) is 4.42 Å². The zero-order chi connectivity index (χ0) is 25.0. The molecule has 4 heterocycles. The van der Waals surface area contributed by atoms with Crippen LogP contribution in [0.15, 0.2) is 29.1 Å². The number of piperidine rings is 1. The van der Waals surface area contributed by atoms with Crippen molar-refractivity contribution < 1.29 is 26.8 Å². The Balaban J connectivity index is 1.46. The van der Waals surface area contributed by atoms with Gasteiger partial charge in [0.2, 0.25) is 11.8 Å². The number of nitrogens with zero attached hydrogens (tertiary/aromatic N) is 6. The Morgan fingerprint density at radius 1 is 1.20 bits per heavy atom. The van der Waals surface area contributed by atoms with Crippen LogP contribution in [0, 0.1) is 11.7 Å². The third kappa shape index (κ3) is 3.98. The van der Waals surface area contributed by atoms with Gasteiger partial charge in [0.25, 0.3) is 0 Å². The second kappa shape index (κ2) is 8.24. The van der Waals surface area contributed by atoms with Crippen molar-refractivity contribution in [3.05, 3.63) is 47.8 Å². The molecule has 35 heavy (non-hydrogen) atoms. The van der Waals surface area contributed by atoms with E-state index < -0.39 is 34.7 Å². The van der Waals surface area contributed by atoms with Crippen LogP contribution in [0.4, 0.5) is 28.2 Å². The zero-order valence-corrected chi connectivity index (χ0v) is 18.8. The highest BCUT2D eigenvalue weighted by atomic mass is 19.4. The number of pyridine rings is 1. The van der Waals surface area contributed by atoms with Gasteiger partial charge in [0.05, 0.1) is 18.0 Å². The van der Waals surface area contributed by atoms with Crippen molar-refractivity contribution >= 4 is 11.8 Å². The first-order valence-electron chi connectivity index (χ1n) is 11.1. The summed E-state index contributed by atoms with van der Waals surface area (Å²) in [5, 5.41) is 10.8. The maximum Gasteiger partial charge on any atom is 0.418 e. The topological polar surface area (TPSA) is 110 Å². The van der Waals surface area contributed by atoms with E-state index in [0.29, 0.717) is 43.2 Å². The van der Waals surface area contributed by atoms with Crippen LogP contribution in [0.5, 0.6) is 0 Å². The first kappa shape index (κ1) is 23.1. The number of amides is 2. The van der Waals surface area contributed by atoms with Gasteiger partial charge >= 0.3 is 12.2 Å². The smallest absolute Gasteiger partial charge is 0.418 e. The molecule has 13 heteroatoms. The lowest BCUT2D eigenvalue weighted by atomic mass is 9.64. The molecule has 0 unspecified atom stereocenters. The Kier molecular flexibility index (Phi) is 5.44. The van der Waals surface area contributed by atoms with E-state index in [1.807, 2.05) is 6.92 Å². The van der Waals surface area contributed by atoms with Gasteiger partial charge in [0, 0.05) is 30.6 Å². The third-order valence-electron chi connectivity index (χ3n) is 6.45. The van der Waals surface area contributed by atoms with Crippen LogP contribution in [0.3, 0.4) is 0 Å². The molecule has 2 fully saturated rings. The molecule has 3 atom stereocenters. The molecule has 1 N–H and O–H groups in total. The molecule has 2 aliphatic rings. The van der Waals surface area contributed by atoms with Crippen molar-refractivity contribution in [2.75, 3.05) is 5.32 Å². The molecule has 0 radical (unpaired) electrons. The van der Waals surface area contributed by atoms with Crippen molar-refractivity contribution in [3.8, 4) is 11.4 Å². The van der Waals surface area contributed by atoms with E-state index in [9.17, 15) is 22.4 Å². The van der Waals surface area contributed by atoms with Crippen LogP contribution in [-0.4, -0.2) is 42.1 Å². The number of likely N-dealkylation sites (tertiary alicyclic amines) is 1. The Morgan fingerprint density at radius 3 is 2.60 bits per heavy atom. The van der Waals surface area contributed by atoms with E-state index in [1.54, 1.807) is 4.90 Å². The van der Waals surface area contributed by atoms with Gasteiger partial charge in [-0.3, -0.25) is 5.32 Å². The Bertz CT molecular complexity index is 1260. The van der Waals surface area contributed by atoms with E-state index >= 15 is 0 Å². The minimum atomic E-state index is -4.76. The molecule has 1 aliphatic heterocycles. The summed E-state index contributed by atoms with van der Waals surface area (Å²) < 4.78 is 59.7. The summed E-state index contributed by atoms with van der Waals surface area (Å²) in [5.41, 5.74) is -2.31. The van der Waals surface area contributed by atoms with E-state index in [2.05, 4.69) is 37.4 Å². The van der Waals surface area contributed by atoms with Crippen LogP contribution in [-0.2, 0) is 18.1 Å². The lowest BCUT2D eigenvalue weighted by Crippen LogP contribution is -2.70. The quantitative estimate of drug-likeness (QED) is 0.532.